The lowest BCUT2D eigenvalue weighted by Gasteiger charge is -2.22. The summed E-state index contributed by atoms with van der Waals surface area (Å²) in [6.07, 6.45) is -3.93. The largest absolute Gasteiger partial charge is 0.493 e. The molecule has 9 nitrogen and oxygen atoms in total. The van der Waals surface area contributed by atoms with Crippen molar-refractivity contribution in [2.24, 2.45) is 0 Å². The fourth-order valence-corrected chi connectivity index (χ4v) is 4.44. The molecule has 2 aromatic heterocycles. The number of nitrogens with one attached hydrogen (secondary N) is 1. The van der Waals surface area contributed by atoms with Crippen molar-refractivity contribution in [2.75, 3.05) is 16.1 Å². The number of fused-ring (bicyclic) bond motifs is 3. The van der Waals surface area contributed by atoms with Crippen LogP contribution in [0.15, 0.2) is 108 Å². The number of hydrogen-bond donors (Lipinski definition) is 2. The zero-order valence-electron chi connectivity index (χ0n) is 22.0. The SMILES string of the molecule is Nc1ccc(C(=O)N(OC(=O)C(F)(F)F)c2ccc(Nc3cc(-c4cccc5c4oc4ccccc45)ncn3)cc2)cc1. The molecule has 0 bridgehead atoms. The van der Waals surface area contributed by atoms with Crippen LogP contribution in [0.1, 0.15) is 10.4 Å². The highest BCUT2D eigenvalue weighted by Crippen LogP contribution is 2.35. The highest BCUT2D eigenvalue weighted by molar-refractivity contribution is 6.09. The number of carbonyl (C=O) groups is 2. The van der Waals surface area contributed by atoms with E-state index in [9.17, 15) is 22.8 Å². The van der Waals surface area contributed by atoms with E-state index < -0.39 is 18.1 Å². The molecule has 214 valence electrons. The molecule has 6 rings (SSSR count). The van der Waals surface area contributed by atoms with Crippen LogP contribution in [0.2, 0.25) is 0 Å². The van der Waals surface area contributed by atoms with Gasteiger partial charge in [0.25, 0.3) is 5.91 Å². The smallest absolute Gasteiger partial charge is 0.455 e. The summed E-state index contributed by atoms with van der Waals surface area (Å²) in [6.45, 7) is 0. The number of hydrogen-bond acceptors (Lipinski definition) is 8. The first-order valence-electron chi connectivity index (χ1n) is 12.8. The van der Waals surface area contributed by atoms with E-state index in [0.29, 0.717) is 28.5 Å². The van der Waals surface area contributed by atoms with Crippen molar-refractivity contribution < 1.29 is 32.0 Å². The molecule has 0 fully saturated rings. The summed E-state index contributed by atoms with van der Waals surface area (Å²) in [7, 11) is 0. The molecule has 12 heteroatoms. The Bertz CT molecular complexity index is 1970. The van der Waals surface area contributed by atoms with Crippen LogP contribution in [0.4, 0.5) is 36.1 Å². The van der Waals surface area contributed by atoms with Gasteiger partial charge in [0.1, 0.15) is 23.3 Å². The predicted molar refractivity (Wildman–Crippen MR) is 154 cm³/mol. The maximum atomic E-state index is 13.0. The van der Waals surface area contributed by atoms with Gasteiger partial charge < -0.3 is 20.3 Å². The van der Waals surface area contributed by atoms with E-state index in [0.717, 1.165) is 21.9 Å². The lowest BCUT2D eigenvalue weighted by atomic mass is 10.1. The Morgan fingerprint density at radius 2 is 1.58 bits per heavy atom. The Morgan fingerprint density at radius 1 is 0.860 bits per heavy atom. The number of hydroxylamine groups is 1. The molecule has 4 aromatic carbocycles. The number of anilines is 4. The molecule has 0 radical (unpaired) electrons. The maximum Gasteiger partial charge on any atom is 0.493 e. The number of nitrogens with two attached hydrogens (primary N) is 1. The van der Waals surface area contributed by atoms with Crippen LogP contribution in [0, 0.1) is 0 Å². The van der Waals surface area contributed by atoms with E-state index in [4.69, 9.17) is 10.2 Å². The first kappa shape index (κ1) is 27.3. The number of furan rings is 1. The fourth-order valence-electron chi connectivity index (χ4n) is 4.44. The number of rotatable bonds is 5. The van der Waals surface area contributed by atoms with Gasteiger partial charge in [-0.15, -0.1) is 5.06 Å². The monoisotopic (exact) mass is 583 g/mol. The summed E-state index contributed by atoms with van der Waals surface area (Å²) in [5, 5.41) is 5.31. The van der Waals surface area contributed by atoms with Gasteiger partial charge in [0.05, 0.1) is 11.4 Å². The average molecular weight is 584 g/mol. The molecular formula is C31H20F3N5O4. The van der Waals surface area contributed by atoms with Crippen LogP contribution in [0.3, 0.4) is 0 Å². The molecule has 2 heterocycles. The minimum Gasteiger partial charge on any atom is -0.455 e. The van der Waals surface area contributed by atoms with E-state index >= 15 is 0 Å². The van der Waals surface area contributed by atoms with E-state index in [1.54, 1.807) is 6.07 Å². The van der Waals surface area contributed by atoms with E-state index in [2.05, 4.69) is 20.1 Å². The highest BCUT2D eigenvalue weighted by atomic mass is 19.4. The number of nitrogen functional groups attached to an aromatic ring is 1. The Balaban J connectivity index is 1.27. The highest BCUT2D eigenvalue weighted by Gasteiger charge is 2.43. The molecule has 3 N–H and O–H groups in total. The number of benzene rings is 4. The van der Waals surface area contributed by atoms with Crippen LogP contribution >= 0.6 is 0 Å². The summed E-state index contributed by atoms with van der Waals surface area (Å²) in [5.41, 5.74) is 9.08. The minimum absolute atomic E-state index is 0.0423. The van der Waals surface area contributed by atoms with E-state index in [1.165, 1.54) is 54.9 Å². The third-order valence-electron chi connectivity index (χ3n) is 6.47. The van der Waals surface area contributed by atoms with Gasteiger partial charge in [0, 0.05) is 39.3 Å². The summed E-state index contributed by atoms with van der Waals surface area (Å²) in [4.78, 5) is 37.8. The quantitative estimate of drug-likeness (QED) is 0.164. The predicted octanol–water partition coefficient (Wildman–Crippen LogP) is 7.04. The molecular weight excluding hydrogens is 563 g/mol. The summed E-state index contributed by atoms with van der Waals surface area (Å²) < 4.78 is 45.1. The van der Waals surface area contributed by atoms with E-state index in [-0.39, 0.29) is 16.3 Å². The number of alkyl halides is 3. The molecule has 6 aromatic rings. The Labute approximate surface area is 241 Å². The second-order valence-corrected chi connectivity index (χ2v) is 9.34. The summed E-state index contributed by atoms with van der Waals surface area (Å²) in [6, 6.07) is 26.2. The van der Waals surface area contributed by atoms with Crippen molar-refractivity contribution in [1.82, 2.24) is 9.97 Å². The fraction of sp³-hybridized carbons (Fsp3) is 0.0323. The number of aromatic nitrogens is 2. The van der Waals surface area contributed by atoms with Crippen molar-refractivity contribution in [3.8, 4) is 11.3 Å². The third-order valence-corrected chi connectivity index (χ3v) is 6.47. The van der Waals surface area contributed by atoms with Gasteiger partial charge in [0.2, 0.25) is 0 Å². The van der Waals surface area contributed by atoms with Crippen molar-refractivity contribution >= 4 is 56.7 Å². The number of halogens is 3. The normalized spacial score (nSPS) is 11.4. The molecule has 0 aliphatic rings. The van der Waals surface area contributed by atoms with Crippen LogP contribution in [-0.2, 0) is 9.63 Å². The molecule has 0 aliphatic heterocycles. The molecule has 1 amide bonds. The topological polar surface area (TPSA) is 124 Å². The van der Waals surface area contributed by atoms with Gasteiger partial charge in [-0.3, -0.25) is 4.79 Å². The molecule has 0 unspecified atom stereocenters. The number of amides is 1. The van der Waals surface area contributed by atoms with Gasteiger partial charge in [-0.1, -0.05) is 30.3 Å². The van der Waals surface area contributed by atoms with Crippen molar-refractivity contribution in [2.45, 2.75) is 6.18 Å². The van der Waals surface area contributed by atoms with Gasteiger partial charge in [-0.25, -0.2) is 14.8 Å². The Kier molecular flexibility index (Phi) is 6.86. The number of nitrogens with zero attached hydrogens (tertiary/aromatic N) is 3. The average Bonchev–Trinajstić information content (AvgIpc) is 3.39. The maximum absolute atomic E-state index is 13.0. The molecule has 0 spiro atoms. The number of carbonyl (C=O) groups excluding carboxylic acids is 2. The zero-order valence-corrected chi connectivity index (χ0v) is 22.0. The van der Waals surface area contributed by atoms with Gasteiger partial charge in [-0.2, -0.15) is 13.2 Å². The van der Waals surface area contributed by atoms with Crippen molar-refractivity contribution in [1.29, 1.82) is 0 Å². The van der Waals surface area contributed by atoms with E-state index in [1.807, 2.05) is 42.5 Å². The van der Waals surface area contributed by atoms with Gasteiger partial charge in [0.15, 0.2) is 0 Å². The summed E-state index contributed by atoms with van der Waals surface area (Å²) >= 11 is 0. The van der Waals surface area contributed by atoms with Crippen LogP contribution < -0.4 is 16.1 Å². The van der Waals surface area contributed by atoms with Crippen molar-refractivity contribution in [3.63, 3.8) is 0 Å². The van der Waals surface area contributed by atoms with Gasteiger partial charge in [-0.05, 0) is 60.7 Å². The molecule has 0 aliphatic carbocycles. The van der Waals surface area contributed by atoms with Crippen molar-refractivity contribution in [3.05, 3.63) is 109 Å². The van der Waals surface area contributed by atoms with Crippen LogP contribution in [0.25, 0.3) is 33.2 Å². The molecule has 43 heavy (non-hydrogen) atoms. The molecule has 0 atom stereocenters. The summed E-state index contributed by atoms with van der Waals surface area (Å²) in [5.74, 6) is -3.13. The first-order chi connectivity index (χ1) is 20.7. The molecule has 0 saturated heterocycles. The molecule has 0 saturated carbocycles. The standard InChI is InChI=1S/C31H20F3N5O4/c32-31(33,34)30(41)43-39(29(40)18-8-10-19(35)11-9-18)21-14-12-20(13-15-21)38-27-16-25(36-17-37-27)24-6-3-5-23-22-4-1-2-7-26(22)42-28(23)24/h1-17H,35H2,(H,36,37,38). The lowest BCUT2D eigenvalue weighted by molar-refractivity contribution is -0.199. The first-order valence-corrected chi connectivity index (χ1v) is 12.8. The second kappa shape index (κ2) is 10.8. The minimum atomic E-state index is -5.32. The van der Waals surface area contributed by atoms with Crippen LogP contribution in [0.5, 0.6) is 0 Å². The Morgan fingerprint density at radius 3 is 2.33 bits per heavy atom. The Hall–Kier alpha value is -5.91. The van der Waals surface area contributed by atoms with Crippen LogP contribution in [-0.4, -0.2) is 28.0 Å². The zero-order chi connectivity index (χ0) is 30.1. The number of para-hydroxylation sites is 2. The lowest BCUT2D eigenvalue weighted by Crippen LogP contribution is -2.38. The third kappa shape index (κ3) is 5.53. The second-order valence-electron chi connectivity index (χ2n) is 9.34. The van der Waals surface area contributed by atoms with Gasteiger partial charge >= 0.3 is 12.1 Å².